The topological polar surface area (TPSA) is 49.8 Å². The zero-order chi connectivity index (χ0) is 14.0. The number of rotatable bonds is 2. The van der Waals surface area contributed by atoms with E-state index in [1.54, 1.807) is 13.0 Å². The first-order chi connectivity index (χ1) is 9.01. The molecule has 19 heavy (non-hydrogen) atoms. The second-order valence-electron chi connectivity index (χ2n) is 4.36. The summed E-state index contributed by atoms with van der Waals surface area (Å²) >= 11 is 0. The Bertz CT molecular complexity index is 658. The van der Waals surface area contributed by atoms with Crippen LogP contribution in [0.4, 0.5) is 8.78 Å². The molecule has 0 fully saturated rings. The van der Waals surface area contributed by atoms with Crippen LogP contribution in [0.25, 0.3) is 11.1 Å². The number of nitrogens with zero attached hydrogens (tertiary/aromatic N) is 1. The van der Waals surface area contributed by atoms with Crippen molar-refractivity contribution < 1.29 is 8.78 Å². The number of benzene rings is 2. The highest BCUT2D eigenvalue weighted by atomic mass is 19.1. The van der Waals surface area contributed by atoms with Gasteiger partial charge in [0.25, 0.3) is 0 Å². The summed E-state index contributed by atoms with van der Waals surface area (Å²) in [5, 5.41) is 8.85. The van der Waals surface area contributed by atoms with Gasteiger partial charge in [0.1, 0.15) is 11.6 Å². The average molecular weight is 258 g/mol. The van der Waals surface area contributed by atoms with Gasteiger partial charge in [-0.3, -0.25) is 0 Å². The number of hydrogen-bond acceptors (Lipinski definition) is 2. The SMILES string of the molecule is CC(N)c1ccc(F)cc1-c1cc(F)cc(C#N)c1. The molecule has 1 atom stereocenters. The smallest absolute Gasteiger partial charge is 0.125 e. The van der Waals surface area contributed by atoms with Crippen molar-refractivity contribution in [1.29, 1.82) is 5.26 Å². The van der Waals surface area contributed by atoms with Crippen LogP contribution in [0.3, 0.4) is 0 Å². The maximum absolute atomic E-state index is 13.5. The van der Waals surface area contributed by atoms with Gasteiger partial charge in [0.2, 0.25) is 0 Å². The minimum Gasteiger partial charge on any atom is -0.324 e. The number of hydrogen-bond donors (Lipinski definition) is 1. The highest BCUT2D eigenvalue weighted by molar-refractivity contribution is 5.69. The van der Waals surface area contributed by atoms with E-state index < -0.39 is 11.6 Å². The third-order valence-electron chi connectivity index (χ3n) is 2.84. The lowest BCUT2D eigenvalue weighted by Gasteiger charge is -2.13. The van der Waals surface area contributed by atoms with Gasteiger partial charge in [0.15, 0.2) is 0 Å². The Kier molecular flexibility index (Phi) is 3.59. The first kappa shape index (κ1) is 13.2. The Hall–Kier alpha value is -2.25. The molecule has 4 heteroatoms. The van der Waals surface area contributed by atoms with Crippen LogP contribution in [-0.4, -0.2) is 0 Å². The lowest BCUT2D eigenvalue weighted by Crippen LogP contribution is -2.07. The largest absolute Gasteiger partial charge is 0.324 e. The molecule has 2 aromatic rings. The molecule has 2 N–H and O–H groups in total. The molecule has 0 saturated heterocycles. The molecule has 2 rings (SSSR count). The minimum atomic E-state index is -0.533. The third-order valence-corrected chi connectivity index (χ3v) is 2.84. The standard InChI is InChI=1S/C15H12F2N2/c1-9(19)14-3-2-12(16)7-15(14)11-4-10(8-18)5-13(17)6-11/h2-7,9H,19H2,1H3. The molecule has 0 aromatic heterocycles. The molecule has 0 spiro atoms. The molecule has 0 heterocycles. The molecule has 0 bridgehead atoms. The molecule has 96 valence electrons. The highest BCUT2D eigenvalue weighted by Crippen LogP contribution is 2.29. The predicted molar refractivity (Wildman–Crippen MR) is 69.1 cm³/mol. The summed E-state index contributed by atoms with van der Waals surface area (Å²) in [5.74, 6) is -0.962. The van der Waals surface area contributed by atoms with E-state index in [0.29, 0.717) is 16.7 Å². The van der Waals surface area contributed by atoms with E-state index in [9.17, 15) is 8.78 Å². The first-order valence-corrected chi connectivity index (χ1v) is 5.77. The number of nitriles is 1. The van der Waals surface area contributed by atoms with Crippen LogP contribution in [0.1, 0.15) is 24.1 Å². The van der Waals surface area contributed by atoms with E-state index in [4.69, 9.17) is 11.0 Å². The molecule has 0 aliphatic carbocycles. The lowest BCUT2D eigenvalue weighted by molar-refractivity contribution is 0.624. The third kappa shape index (κ3) is 2.78. The van der Waals surface area contributed by atoms with Crippen LogP contribution < -0.4 is 5.73 Å². The summed E-state index contributed by atoms with van der Waals surface area (Å²) in [6, 6.07) is 9.67. The molecule has 0 amide bonds. The zero-order valence-corrected chi connectivity index (χ0v) is 10.3. The van der Waals surface area contributed by atoms with Crippen LogP contribution in [0, 0.1) is 23.0 Å². The Labute approximate surface area is 110 Å². The molecule has 0 radical (unpaired) electrons. The van der Waals surface area contributed by atoms with E-state index in [0.717, 1.165) is 6.07 Å². The predicted octanol–water partition coefficient (Wildman–Crippen LogP) is 3.52. The van der Waals surface area contributed by atoms with Gasteiger partial charge < -0.3 is 5.73 Å². The van der Waals surface area contributed by atoms with Crippen molar-refractivity contribution in [2.45, 2.75) is 13.0 Å². The van der Waals surface area contributed by atoms with Crippen molar-refractivity contribution in [1.82, 2.24) is 0 Å². The van der Waals surface area contributed by atoms with Crippen LogP contribution in [0.5, 0.6) is 0 Å². The average Bonchev–Trinajstić information content (AvgIpc) is 2.37. The van der Waals surface area contributed by atoms with Crippen molar-refractivity contribution >= 4 is 0 Å². The minimum absolute atomic E-state index is 0.190. The van der Waals surface area contributed by atoms with Crippen molar-refractivity contribution in [3.8, 4) is 17.2 Å². The molecule has 2 nitrogen and oxygen atoms in total. The van der Waals surface area contributed by atoms with Crippen LogP contribution in [-0.2, 0) is 0 Å². The lowest BCUT2D eigenvalue weighted by atomic mass is 9.94. The maximum atomic E-state index is 13.5. The summed E-state index contributed by atoms with van der Waals surface area (Å²) in [4.78, 5) is 0. The molecular formula is C15H12F2N2. The fraction of sp³-hybridized carbons (Fsp3) is 0.133. The number of halogens is 2. The maximum Gasteiger partial charge on any atom is 0.125 e. The van der Waals surface area contributed by atoms with Gasteiger partial charge in [-0.05, 0) is 53.9 Å². The van der Waals surface area contributed by atoms with E-state index in [2.05, 4.69) is 0 Å². The molecule has 0 saturated carbocycles. The fourth-order valence-corrected chi connectivity index (χ4v) is 1.99. The Morgan fingerprint density at radius 1 is 1.11 bits per heavy atom. The quantitative estimate of drug-likeness (QED) is 0.895. The summed E-state index contributed by atoms with van der Waals surface area (Å²) in [6.07, 6.45) is 0. The van der Waals surface area contributed by atoms with Gasteiger partial charge in [-0.2, -0.15) is 5.26 Å². The van der Waals surface area contributed by atoms with E-state index >= 15 is 0 Å². The van der Waals surface area contributed by atoms with Crippen molar-refractivity contribution in [2.75, 3.05) is 0 Å². The van der Waals surface area contributed by atoms with Crippen molar-refractivity contribution in [3.63, 3.8) is 0 Å². The van der Waals surface area contributed by atoms with Gasteiger partial charge in [-0.25, -0.2) is 8.78 Å². The Balaban J connectivity index is 2.67. The van der Waals surface area contributed by atoms with E-state index in [1.165, 1.54) is 24.3 Å². The van der Waals surface area contributed by atoms with Gasteiger partial charge in [0.05, 0.1) is 11.6 Å². The van der Waals surface area contributed by atoms with Gasteiger partial charge in [-0.1, -0.05) is 6.07 Å². The van der Waals surface area contributed by atoms with Gasteiger partial charge in [0, 0.05) is 6.04 Å². The molecule has 2 aromatic carbocycles. The zero-order valence-electron chi connectivity index (χ0n) is 10.3. The van der Waals surface area contributed by atoms with E-state index in [-0.39, 0.29) is 11.6 Å². The van der Waals surface area contributed by atoms with E-state index in [1.807, 2.05) is 6.07 Å². The highest BCUT2D eigenvalue weighted by Gasteiger charge is 2.12. The Morgan fingerprint density at radius 3 is 2.47 bits per heavy atom. The normalized spacial score (nSPS) is 11.9. The fourth-order valence-electron chi connectivity index (χ4n) is 1.99. The second kappa shape index (κ2) is 5.17. The monoisotopic (exact) mass is 258 g/mol. The first-order valence-electron chi connectivity index (χ1n) is 5.77. The van der Waals surface area contributed by atoms with Crippen molar-refractivity contribution in [3.05, 3.63) is 59.2 Å². The van der Waals surface area contributed by atoms with Crippen LogP contribution in [0.2, 0.25) is 0 Å². The van der Waals surface area contributed by atoms with Gasteiger partial charge in [-0.15, -0.1) is 0 Å². The summed E-state index contributed by atoms with van der Waals surface area (Å²) in [6.45, 7) is 1.77. The van der Waals surface area contributed by atoms with Crippen molar-refractivity contribution in [2.24, 2.45) is 5.73 Å². The summed E-state index contributed by atoms with van der Waals surface area (Å²) < 4.78 is 26.8. The van der Waals surface area contributed by atoms with Crippen LogP contribution in [0.15, 0.2) is 36.4 Å². The van der Waals surface area contributed by atoms with Gasteiger partial charge >= 0.3 is 0 Å². The van der Waals surface area contributed by atoms with Crippen LogP contribution >= 0.6 is 0 Å². The second-order valence-corrected chi connectivity index (χ2v) is 4.36. The summed E-state index contributed by atoms with van der Waals surface area (Å²) in [5.41, 5.74) is 7.68. The summed E-state index contributed by atoms with van der Waals surface area (Å²) in [7, 11) is 0. The number of nitrogens with two attached hydrogens (primary N) is 1. The molecule has 0 aliphatic heterocycles. The molecular weight excluding hydrogens is 246 g/mol. The molecule has 0 aliphatic rings. The Morgan fingerprint density at radius 2 is 1.84 bits per heavy atom. The molecule has 1 unspecified atom stereocenters.